The minimum absolute atomic E-state index is 0.593. The molecule has 2 aromatic carbocycles. The van der Waals surface area contributed by atoms with E-state index >= 15 is 0 Å². The van der Waals surface area contributed by atoms with Gasteiger partial charge in [-0.2, -0.15) is 0 Å². The highest BCUT2D eigenvalue weighted by Gasteiger charge is 2.13. The largest absolute Gasteiger partial charge is 0.128 e. The molecule has 0 saturated heterocycles. The summed E-state index contributed by atoms with van der Waals surface area (Å²) in [5.74, 6) is 0. The third-order valence-electron chi connectivity index (χ3n) is 2.44. The first-order valence-electron chi connectivity index (χ1n) is 5.01. The van der Waals surface area contributed by atoms with Crippen LogP contribution in [-0.4, -0.2) is 6.26 Å². The summed E-state index contributed by atoms with van der Waals surface area (Å²) in [6.07, 6.45) is 1.95. The van der Waals surface area contributed by atoms with E-state index in [1.165, 1.54) is 11.8 Å². The maximum Gasteiger partial charge on any atom is 0.0621 e. The molecule has 0 aliphatic carbocycles. The third-order valence-corrected chi connectivity index (χ3v) is 4.51. The van der Waals surface area contributed by atoms with E-state index in [0.717, 1.165) is 16.0 Å². The second kappa shape index (κ2) is 5.94. The molecule has 2 rings (SSSR count). The summed E-state index contributed by atoms with van der Waals surface area (Å²) < 4.78 is 0. The Labute approximate surface area is 130 Å². The van der Waals surface area contributed by atoms with Gasteiger partial charge in [0.15, 0.2) is 0 Å². The van der Waals surface area contributed by atoms with Crippen LogP contribution in [0.1, 0.15) is 0 Å². The summed E-state index contributed by atoms with van der Waals surface area (Å²) in [5.41, 5.74) is 1.58. The van der Waals surface area contributed by atoms with Gasteiger partial charge >= 0.3 is 0 Å². The zero-order chi connectivity index (χ0) is 13.3. The van der Waals surface area contributed by atoms with E-state index in [-0.39, 0.29) is 0 Å². The lowest BCUT2D eigenvalue weighted by Gasteiger charge is -2.11. The van der Waals surface area contributed by atoms with Crippen LogP contribution in [0.3, 0.4) is 0 Å². The van der Waals surface area contributed by atoms with Gasteiger partial charge < -0.3 is 0 Å². The van der Waals surface area contributed by atoms with Crippen molar-refractivity contribution in [1.82, 2.24) is 0 Å². The smallest absolute Gasteiger partial charge is 0.0621 e. The average Bonchev–Trinajstić information content (AvgIpc) is 2.35. The van der Waals surface area contributed by atoms with Crippen molar-refractivity contribution >= 4 is 58.2 Å². The van der Waals surface area contributed by atoms with Gasteiger partial charge in [-0.25, -0.2) is 0 Å². The van der Waals surface area contributed by atoms with Crippen LogP contribution in [0.15, 0.2) is 35.2 Å². The van der Waals surface area contributed by atoms with Crippen LogP contribution in [0.5, 0.6) is 0 Å². The van der Waals surface area contributed by atoms with Crippen molar-refractivity contribution < 1.29 is 0 Å². The van der Waals surface area contributed by atoms with Crippen molar-refractivity contribution in [3.8, 4) is 11.1 Å². The first-order chi connectivity index (χ1) is 8.52. The molecule has 0 fully saturated rings. The minimum atomic E-state index is 0.593. The van der Waals surface area contributed by atoms with Gasteiger partial charge in [0.05, 0.1) is 5.02 Å². The van der Waals surface area contributed by atoms with Crippen LogP contribution >= 0.6 is 58.2 Å². The molecule has 0 bridgehead atoms. The van der Waals surface area contributed by atoms with Crippen LogP contribution in [0.25, 0.3) is 11.1 Å². The van der Waals surface area contributed by atoms with E-state index in [9.17, 15) is 0 Å². The molecule has 0 nitrogen and oxygen atoms in total. The summed E-state index contributed by atoms with van der Waals surface area (Å²) in [7, 11) is 0. The van der Waals surface area contributed by atoms with Crippen LogP contribution in [0.4, 0.5) is 0 Å². The molecule has 0 aromatic heterocycles. The zero-order valence-electron chi connectivity index (χ0n) is 9.31. The summed E-state index contributed by atoms with van der Waals surface area (Å²) in [6.45, 7) is 0. The zero-order valence-corrected chi connectivity index (χ0v) is 13.1. The SMILES string of the molecule is CSc1cc(Cl)cc(-c2cc(Cl)ccc2Cl)c1Cl. The van der Waals surface area contributed by atoms with Gasteiger partial charge in [-0.1, -0.05) is 46.4 Å². The van der Waals surface area contributed by atoms with E-state index in [4.69, 9.17) is 46.4 Å². The van der Waals surface area contributed by atoms with Gasteiger partial charge in [0, 0.05) is 31.1 Å². The number of rotatable bonds is 2. The van der Waals surface area contributed by atoms with E-state index in [2.05, 4.69) is 0 Å². The quantitative estimate of drug-likeness (QED) is 0.550. The topological polar surface area (TPSA) is 0 Å². The molecule has 0 radical (unpaired) electrons. The molecule has 0 spiro atoms. The molecule has 0 atom stereocenters. The van der Waals surface area contributed by atoms with Gasteiger partial charge in [-0.05, 0) is 36.6 Å². The fourth-order valence-electron chi connectivity index (χ4n) is 1.61. The first kappa shape index (κ1) is 14.4. The van der Waals surface area contributed by atoms with E-state index < -0.39 is 0 Å². The molecule has 0 saturated carbocycles. The second-order valence-electron chi connectivity index (χ2n) is 3.59. The number of hydrogen-bond donors (Lipinski definition) is 0. The molecule has 94 valence electrons. The molecule has 0 N–H and O–H groups in total. The normalized spacial score (nSPS) is 10.7. The Bertz CT molecular complexity index is 596. The third kappa shape index (κ3) is 2.92. The molecular weight excluding hydrogens is 330 g/mol. The Balaban J connectivity index is 2.70. The summed E-state index contributed by atoms with van der Waals surface area (Å²) in [4.78, 5) is 0.912. The van der Waals surface area contributed by atoms with Gasteiger partial charge in [-0.15, -0.1) is 11.8 Å². The van der Waals surface area contributed by atoms with E-state index in [0.29, 0.717) is 20.1 Å². The first-order valence-corrected chi connectivity index (χ1v) is 7.75. The highest BCUT2D eigenvalue weighted by molar-refractivity contribution is 7.98. The van der Waals surface area contributed by atoms with Crippen molar-refractivity contribution in [2.75, 3.05) is 6.26 Å². The van der Waals surface area contributed by atoms with Crippen molar-refractivity contribution in [3.63, 3.8) is 0 Å². The number of halogens is 4. The van der Waals surface area contributed by atoms with Crippen LogP contribution in [-0.2, 0) is 0 Å². The predicted molar refractivity (Wildman–Crippen MR) is 83.7 cm³/mol. The number of benzene rings is 2. The Morgan fingerprint density at radius 3 is 2.17 bits per heavy atom. The Kier molecular flexibility index (Phi) is 4.74. The van der Waals surface area contributed by atoms with Gasteiger partial charge in [0.1, 0.15) is 0 Å². The number of thioether (sulfide) groups is 1. The molecule has 5 heteroatoms. The maximum absolute atomic E-state index is 6.36. The highest BCUT2D eigenvalue weighted by Crippen LogP contribution is 2.41. The van der Waals surface area contributed by atoms with Crippen molar-refractivity contribution in [1.29, 1.82) is 0 Å². The Morgan fingerprint density at radius 1 is 0.833 bits per heavy atom. The molecule has 2 aromatic rings. The molecule has 0 unspecified atom stereocenters. The molecule has 0 amide bonds. The van der Waals surface area contributed by atoms with Crippen LogP contribution in [0.2, 0.25) is 20.1 Å². The average molecular weight is 338 g/mol. The van der Waals surface area contributed by atoms with Crippen molar-refractivity contribution in [3.05, 3.63) is 50.4 Å². The Morgan fingerprint density at radius 2 is 1.50 bits per heavy atom. The molecular formula is C13H8Cl4S. The lowest BCUT2D eigenvalue weighted by Crippen LogP contribution is -1.85. The summed E-state index contributed by atoms with van der Waals surface area (Å²) in [6, 6.07) is 8.89. The lowest BCUT2D eigenvalue weighted by molar-refractivity contribution is 1.46. The van der Waals surface area contributed by atoms with Crippen molar-refractivity contribution in [2.45, 2.75) is 4.90 Å². The summed E-state index contributed by atoms with van der Waals surface area (Å²) in [5, 5.41) is 2.46. The van der Waals surface area contributed by atoms with Crippen LogP contribution < -0.4 is 0 Å². The fraction of sp³-hybridized carbons (Fsp3) is 0.0769. The standard InChI is InChI=1S/C13H8Cl4S/c1-18-12-6-8(15)5-10(13(12)17)9-4-7(14)2-3-11(9)16/h2-6H,1H3. The molecule has 0 heterocycles. The number of hydrogen-bond acceptors (Lipinski definition) is 1. The lowest BCUT2D eigenvalue weighted by atomic mass is 10.1. The van der Waals surface area contributed by atoms with Crippen molar-refractivity contribution in [2.24, 2.45) is 0 Å². The molecule has 0 aliphatic heterocycles. The Hall–Kier alpha value is -0.0500. The fourth-order valence-corrected chi connectivity index (χ4v) is 3.26. The maximum atomic E-state index is 6.36. The highest BCUT2D eigenvalue weighted by atomic mass is 35.5. The van der Waals surface area contributed by atoms with Crippen LogP contribution in [0, 0.1) is 0 Å². The summed E-state index contributed by atoms with van der Waals surface area (Å²) >= 11 is 26.2. The van der Waals surface area contributed by atoms with E-state index in [1.54, 1.807) is 24.3 Å². The second-order valence-corrected chi connectivity index (χ2v) is 6.10. The predicted octanol–water partition coefficient (Wildman–Crippen LogP) is 6.69. The monoisotopic (exact) mass is 336 g/mol. The minimum Gasteiger partial charge on any atom is -0.128 e. The van der Waals surface area contributed by atoms with E-state index in [1.807, 2.05) is 12.3 Å². The van der Waals surface area contributed by atoms with Gasteiger partial charge in [0.25, 0.3) is 0 Å². The van der Waals surface area contributed by atoms with Gasteiger partial charge in [0.2, 0.25) is 0 Å². The molecule has 0 aliphatic rings. The molecule has 18 heavy (non-hydrogen) atoms. The van der Waals surface area contributed by atoms with Gasteiger partial charge in [-0.3, -0.25) is 0 Å².